The van der Waals surface area contributed by atoms with Crippen molar-refractivity contribution in [2.45, 2.75) is 24.9 Å². The van der Waals surface area contributed by atoms with Gasteiger partial charge in [-0.3, -0.25) is 0 Å². The smallest absolute Gasteiger partial charge is 0.217 e. The molecule has 0 amide bonds. The van der Waals surface area contributed by atoms with Crippen LogP contribution in [-0.4, -0.2) is 39.5 Å². The lowest BCUT2D eigenvalue weighted by molar-refractivity contribution is 0.0844. The van der Waals surface area contributed by atoms with Crippen LogP contribution in [0.1, 0.15) is 36.2 Å². The molecule has 2 aromatic heterocycles. The first-order valence-electron chi connectivity index (χ1n) is 9.80. The van der Waals surface area contributed by atoms with Gasteiger partial charge in [0.1, 0.15) is 11.9 Å². The van der Waals surface area contributed by atoms with Gasteiger partial charge >= 0.3 is 0 Å². The molecule has 0 spiro atoms. The molecule has 1 aliphatic heterocycles. The second-order valence-corrected chi connectivity index (χ2v) is 7.64. The Morgan fingerprint density at radius 1 is 1.27 bits per heavy atom. The largest absolute Gasteiger partial charge is 0.438 e. The van der Waals surface area contributed by atoms with Gasteiger partial charge in [-0.1, -0.05) is 11.6 Å². The first kappa shape index (κ1) is 20.7. The van der Waals surface area contributed by atoms with Crippen molar-refractivity contribution in [3.8, 4) is 23.0 Å². The summed E-state index contributed by atoms with van der Waals surface area (Å²) in [5.41, 5.74) is 7.33. The number of aromatic nitrogens is 4. The lowest BCUT2D eigenvalue weighted by Crippen LogP contribution is -2.14. The van der Waals surface area contributed by atoms with E-state index in [1.807, 2.05) is 13.1 Å². The second kappa shape index (κ2) is 9.07. The van der Waals surface area contributed by atoms with Gasteiger partial charge in [-0.2, -0.15) is 5.10 Å². The van der Waals surface area contributed by atoms with Crippen molar-refractivity contribution < 1.29 is 13.9 Å². The van der Waals surface area contributed by atoms with Crippen molar-refractivity contribution in [3.63, 3.8) is 0 Å². The quantitative estimate of drug-likeness (QED) is 0.629. The summed E-state index contributed by atoms with van der Waals surface area (Å²) in [6, 6.07) is 7.15. The number of nitrogens with zero attached hydrogens (tertiary/aromatic N) is 4. The number of hydrogen-bond acceptors (Lipinski definition) is 6. The third-order valence-corrected chi connectivity index (χ3v) is 5.37. The third kappa shape index (κ3) is 4.45. The summed E-state index contributed by atoms with van der Waals surface area (Å²) in [4.78, 5) is 8.57. The lowest BCUT2D eigenvalue weighted by Gasteiger charge is -2.19. The van der Waals surface area contributed by atoms with Crippen LogP contribution in [0, 0.1) is 0 Å². The fraction of sp³-hybridized carbons (Fsp3) is 0.381. The lowest BCUT2D eigenvalue weighted by atomic mass is 9.97. The van der Waals surface area contributed by atoms with Crippen LogP contribution < -0.4 is 10.5 Å². The van der Waals surface area contributed by atoms with Crippen molar-refractivity contribution in [1.29, 1.82) is 0 Å². The Hall–Kier alpha value is -2.55. The standard InChI is InChI=1S/C21H23ClFN5O2/c1-28-20(9-18(27-28)13-4-6-29-7-5-13)30-19-8-15(22)2-3-16(19)21-25-11-14(12-26-21)17(23)10-24/h2-3,8-9,11-13,17H,4-7,10,24H2,1H3/t17-/m0/s1. The van der Waals surface area contributed by atoms with Crippen molar-refractivity contribution in [3.05, 3.63) is 52.9 Å². The number of nitrogens with two attached hydrogens (primary N) is 1. The SMILES string of the molecule is Cn1nc(C2CCOCC2)cc1Oc1cc(Cl)ccc1-c1ncc([C@@H](F)CN)cn1. The van der Waals surface area contributed by atoms with Crippen molar-refractivity contribution in [1.82, 2.24) is 19.7 Å². The Morgan fingerprint density at radius 3 is 2.70 bits per heavy atom. The van der Waals surface area contributed by atoms with Crippen LogP contribution in [0.15, 0.2) is 36.7 Å². The van der Waals surface area contributed by atoms with E-state index in [1.165, 1.54) is 12.4 Å². The maximum atomic E-state index is 13.8. The number of alkyl halides is 1. The number of ether oxygens (including phenoxy) is 2. The van der Waals surface area contributed by atoms with E-state index in [2.05, 4.69) is 15.1 Å². The zero-order valence-electron chi connectivity index (χ0n) is 16.6. The molecular weight excluding hydrogens is 409 g/mol. The fourth-order valence-corrected chi connectivity index (χ4v) is 3.57. The van der Waals surface area contributed by atoms with Crippen molar-refractivity contribution >= 4 is 11.6 Å². The van der Waals surface area contributed by atoms with Crippen molar-refractivity contribution in [2.75, 3.05) is 19.8 Å². The van der Waals surface area contributed by atoms with Gasteiger partial charge in [-0.15, -0.1) is 0 Å². The monoisotopic (exact) mass is 431 g/mol. The van der Waals surface area contributed by atoms with Gasteiger partial charge in [-0.25, -0.2) is 19.0 Å². The molecule has 158 valence electrons. The minimum absolute atomic E-state index is 0.117. The highest BCUT2D eigenvalue weighted by Crippen LogP contribution is 2.36. The average molecular weight is 432 g/mol. The molecule has 3 heterocycles. The van der Waals surface area contributed by atoms with Gasteiger partial charge in [0.15, 0.2) is 5.82 Å². The summed E-state index contributed by atoms with van der Waals surface area (Å²) in [7, 11) is 1.84. The topological polar surface area (TPSA) is 88.1 Å². The van der Waals surface area contributed by atoms with Crippen LogP contribution in [0.3, 0.4) is 0 Å². The van der Waals surface area contributed by atoms with E-state index >= 15 is 0 Å². The van der Waals surface area contributed by atoms with Crippen LogP contribution in [0.25, 0.3) is 11.4 Å². The van der Waals surface area contributed by atoms with E-state index in [1.54, 1.807) is 22.9 Å². The summed E-state index contributed by atoms with van der Waals surface area (Å²) in [6.45, 7) is 1.37. The van der Waals surface area contributed by atoms with Gasteiger partial charge in [0.05, 0.1) is 11.3 Å². The molecular formula is C21H23ClFN5O2. The molecule has 0 bridgehead atoms. The van der Waals surface area contributed by atoms with Gasteiger partial charge < -0.3 is 15.2 Å². The summed E-state index contributed by atoms with van der Waals surface area (Å²) >= 11 is 6.20. The molecule has 0 saturated carbocycles. The molecule has 0 radical (unpaired) electrons. The zero-order valence-corrected chi connectivity index (χ0v) is 17.3. The van der Waals surface area contributed by atoms with Crippen LogP contribution in [0.2, 0.25) is 5.02 Å². The molecule has 1 fully saturated rings. The molecule has 4 rings (SSSR count). The molecule has 1 saturated heterocycles. The molecule has 2 N–H and O–H groups in total. The summed E-state index contributed by atoms with van der Waals surface area (Å²) < 4.78 is 27.1. The molecule has 0 unspecified atom stereocenters. The molecule has 9 heteroatoms. The molecule has 30 heavy (non-hydrogen) atoms. The number of rotatable bonds is 6. The Kier molecular flexibility index (Phi) is 6.26. The summed E-state index contributed by atoms with van der Waals surface area (Å²) in [5, 5.41) is 5.13. The van der Waals surface area contributed by atoms with Crippen LogP contribution in [0.5, 0.6) is 11.6 Å². The highest BCUT2D eigenvalue weighted by atomic mass is 35.5. The number of aryl methyl sites for hydroxylation is 1. The van der Waals surface area contributed by atoms with Gasteiger partial charge in [0, 0.05) is 67.8 Å². The van der Waals surface area contributed by atoms with E-state index in [9.17, 15) is 4.39 Å². The normalized spacial score (nSPS) is 15.9. The Bertz CT molecular complexity index is 1010. The Labute approximate surface area is 179 Å². The molecule has 0 aliphatic carbocycles. The maximum Gasteiger partial charge on any atom is 0.217 e. The molecule has 3 aromatic rings. The summed E-state index contributed by atoms with van der Waals surface area (Å²) in [6.07, 6.45) is 3.46. The average Bonchev–Trinajstić information content (AvgIpc) is 3.14. The van der Waals surface area contributed by atoms with Gasteiger partial charge in [0.2, 0.25) is 5.88 Å². The number of benzene rings is 1. The Morgan fingerprint density at radius 2 is 2.00 bits per heavy atom. The predicted octanol–water partition coefficient (Wildman–Crippen LogP) is 4.19. The third-order valence-electron chi connectivity index (χ3n) is 5.13. The van der Waals surface area contributed by atoms with E-state index in [-0.39, 0.29) is 6.54 Å². The molecule has 7 nitrogen and oxygen atoms in total. The number of halogens is 2. The van der Waals surface area contributed by atoms with E-state index in [4.69, 9.17) is 26.8 Å². The van der Waals surface area contributed by atoms with Gasteiger partial charge in [-0.05, 0) is 25.0 Å². The van der Waals surface area contributed by atoms with E-state index < -0.39 is 6.17 Å². The minimum Gasteiger partial charge on any atom is -0.438 e. The van der Waals surface area contributed by atoms with E-state index in [0.717, 1.165) is 31.7 Å². The molecule has 1 atom stereocenters. The summed E-state index contributed by atoms with van der Waals surface area (Å²) in [5.74, 6) is 1.84. The highest BCUT2D eigenvalue weighted by Gasteiger charge is 2.21. The maximum absolute atomic E-state index is 13.8. The van der Waals surface area contributed by atoms with Gasteiger partial charge in [0.25, 0.3) is 0 Å². The van der Waals surface area contributed by atoms with Crippen LogP contribution in [0.4, 0.5) is 4.39 Å². The Balaban J connectivity index is 1.62. The first-order chi connectivity index (χ1) is 14.5. The minimum atomic E-state index is -1.29. The fourth-order valence-electron chi connectivity index (χ4n) is 3.41. The van der Waals surface area contributed by atoms with Crippen molar-refractivity contribution in [2.24, 2.45) is 12.8 Å². The van der Waals surface area contributed by atoms with E-state index in [0.29, 0.717) is 39.5 Å². The number of hydrogen-bond donors (Lipinski definition) is 1. The predicted molar refractivity (Wildman–Crippen MR) is 111 cm³/mol. The zero-order chi connectivity index (χ0) is 21.1. The van der Waals surface area contributed by atoms with Crippen LogP contribution in [-0.2, 0) is 11.8 Å². The molecule has 1 aliphatic rings. The molecule has 1 aromatic carbocycles. The van der Waals surface area contributed by atoms with Crippen LogP contribution >= 0.6 is 11.6 Å². The first-order valence-corrected chi connectivity index (χ1v) is 10.2. The second-order valence-electron chi connectivity index (χ2n) is 7.20. The highest BCUT2D eigenvalue weighted by molar-refractivity contribution is 6.30.